The van der Waals surface area contributed by atoms with E-state index < -0.39 is 22.0 Å². The van der Waals surface area contributed by atoms with Crippen LogP contribution in [0.3, 0.4) is 0 Å². The number of aryl methyl sites for hydroxylation is 2. The average Bonchev–Trinajstić information content (AvgIpc) is 2.88. The van der Waals surface area contributed by atoms with E-state index in [1.165, 1.54) is 4.31 Å². The lowest BCUT2D eigenvalue weighted by Crippen LogP contribution is -2.42. The summed E-state index contributed by atoms with van der Waals surface area (Å²) in [5, 5.41) is 3.09. The highest BCUT2D eigenvalue weighted by Crippen LogP contribution is 2.28. The lowest BCUT2D eigenvalue weighted by atomic mass is 9.95. The van der Waals surface area contributed by atoms with E-state index in [4.69, 9.17) is 0 Å². The van der Waals surface area contributed by atoms with Crippen LogP contribution in [0.4, 0.5) is 5.69 Å². The molecular weight excluding hydrogens is 456 g/mol. The number of carbonyl (C=O) groups is 1. The largest absolute Gasteiger partial charge is 0.344 e. The quantitative estimate of drug-likeness (QED) is 0.364. The van der Waals surface area contributed by atoms with Crippen molar-refractivity contribution >= 4 is 21.6 Å². The highest BCUT2D eigenvalue weighted by atomic mass is 32.2. The minimum absolute atomic E-state index is 0.134. The van der Waals surface area contributed by atoms with Gasteiger partial charge in [0.05, 0.1) is 16.6 Å². The SMILES string of the molecule is Cc1ccccc1C(NC(=O)CN(c1ccccc1C)S(=O)(=O)c1ccccc1)c1ccccc1. The van der Waals surface area contributed by atoms with Gasteiger partial charge in [0, 0.05) is 0 Å². The monoisotopic (exact) mass is 484 g/mol. The van der Waals surface area contributed by atoms with E-state index in [0.29, 0.717) is 5.69 Å². The Morgan fingerprint density at radius 1 is 0.743 bits per heavy atom. The summed E-state index contributed by atoms with van der Waals surface area (Å²) in [5.74, 6) is -0.398. The second kappa shape index (κ2) is 10.6. The number of amides is 1. The molecule has 1 amide bonds. The Bertz CT molecular complexity index is 1400. The molecule has 0 saturated carbocycles. The lowest BCUT2D eigenvalue weighted by molar-refractivity contribution is -0.120. The van der Waals surface area contributed by atoms with E-state index in [0.717, 1.165) is 22.3 Å². The fourth-order valence-corrected chi connectivity index (χ4v) is 5.60. The normalized spacial score (nSPS) is 12.1. The molecular formula is C29H28N2O3S. The van der Waals surface area contributed by atoms with Gasteiger partial charge in [-0.1, -0.05) is 91.0 Å². The third-order valence-electron chi connectivity index (χ3n) is 5.94. The Morgan fingerprint density at radius 2 is 1.29 bits per heavy atom. The molecule has 0 spiro atoms. The Labute approximate surface area is 207 Å². The van der Waals surface area contributed by atoms with E-state index in [1.54, 1.807) is 42.5 Å². The number of hydrogen-bond acceptors (Lipinski definition) is 3. The molecule has 1 N–H and O–H groups in total. The van der Waals surface area contributed by atoms with E-state index in [-0.39, 0.29) is 11.4 Å². The molecule has 35 heavy (non-hydrogen) atoms. The molecule has 0 aromatic heterocycles. The van der Waals surface area contributed by atoms with Crippen LogP contribution in [0.1, 0.15) is 28.3 Å². The van der Waals surface area contributed by atoms with E-state index >= 15 is 0 Å². The van der Waals surface area contributed by atoms with Crippen LogP contribution in [0.5, 0.6) is 0 Å². The van der Waals surface area contributed by atoms with Crippen LogP contribution in [0.25, 0.3) is 0 Å². The topological polar surface area (TPSA) is 66.5 Å². The first kappa shape index (κ1) is 24.2. The fourth-order valence-electron chi connectivity index (χ4n) is 4.10. The lowest BCUT2D eigenvalue weighted by Gasteiger charge is -2.27. The average molecular weight is 485 g/mol. The summed E-state index contributed by atoms with van der Waals surface area (Å²) in [5.41, 5.74) is 4.15. The van der Waals surface area contributed by atoms with Crippen molar-refractivity contribution in [1.82, 2.24) is 5.32 Å². The first-order valence-electron chi connectivity index (χ1n) is 11.4. The molecule has 0 aliphatic carbocycles. The number of rotatable bonds is 8. The molecule has 6 heteroatoms. The minimum atomic E-state index is -3.97. The Morgan fingerprint density at radius 3 is 1.91 bits per heavy atom. The molecule has 0 fully saturated rings. The molecule has 4 aromatic rings. The molecule has 0 saturated heterocycles. The zero-order valence-electron chi connectivity index (χ0n) is 19.8. The second-order valence-electron chi connectivity index (χ2n) is 8.38. The Balaban J connectivity index is 1.71. The van der Waals surface area contributed by atoms with Crippen molar-refractivity contribution in [2.75, 3.05) is 10.8 Å². The molecule has 1 atom stereocenters. The van der Waals surface area contributed by atoms with E-state index in [9.17, 15) is 13.2 Å². The molecule has 0 radical (unpaired) electrons. The minimum Gasteiger partial charge on any atom is -0.344 e. The number of nitrogens with one attached hydrogen (secondary N) is 1. The first-order chi connectivity index (χ1) is 16.9. The summed E-state index contributed by atoms with van der Waals surface area (Å²) < 4.78 is 28.5. The van der Waals surface area contributed by atoms with Crippen molar-refractivity contribution in [1.29, 1.82) is 0 Å². The van der Waals surface area contributed by atoms with Gasteiger partial charge >= 0.3 is 0 Å². The van der Waals surface area contributed by atoms with Crippen molar-refractivity contribution in [3.05, 3.63) is 131 Å². The summed E-state index contributed by atoms with van der Waals surface area (Å²) in [6, 6.07) is 32.5. The standard InChI is InChI=1S/C29H28N2O3S/c1-22-13-9-11-19-26(22)29(24-15-5-3-6-16-24)30-28(32)21-31(27-20-12-10-14-23(27)2)35(33,34)25-17-7-4-8-18-25/h3-20,29H,21H2,1-2H3,(H,30,32). The summed E-state index contributed by atoms with van der Waals surface area (Å²) in [6.07, 6.45) is 0. The molecule has 178 valence electrons. The summed E-state index contributed by atoms with van der Waals surface area (Å²) in [6.45, 7) is 3.48. The zero-order valence-corrected chi connectivity index (χ0v) is 20.6. The van der Waals surface area contributed by atoms with Crippen molar-refractivity contribution in [2.24, 2.45) is 0 Å². The van der Waals surface area contributed by atoms with Crippen LogP contribution in [0.2, 0.25) is 0 Å². The number of nitrogens with zero attached hydrogens (tertiary/aromatic N) is 1. The molecule has 5 nitrogen and oxygen atoms in total. The first-order valence-corrected chi connectivity index (χ1v) is 12.8. The maximum absolute atomic E-state index is 13.6. The summed E-state index contributed by atoms with van der Waals surface area (Å²) in [7, 11) is -3.97. The summed E-state index contributed by atoms with van der Waals surface area (Å²) in [4.78, 5) is 13.6. The van der Waals surface area contributed by atoms with Gasteiger partial charge in [0.1, 0.15) is 6.54 Å². The van der Waals surface area contributed by atoms with Gasteiger partial charge in [-0.3, -0.25) is 9.10 Å². The molecule has 0 aliphatic heterocycles. The van der Waals surface area contributed by atoms with Crippen LogP contribution in [-0.2, 0) is 14.8 Å². The molecule has 4 aromatic carbocycles. The molecule has 4 rings (SSSR count). The number of carbonyl (C=O) groups excluding carboxylic acids is 1. The van der Waals surface area contributed by atoms with Crippen LogP contribution >= 0.6 is 0 Å². The molecule has 0 bridgehead atoms. The van der Waals surface area contributed by atoms with Gasteiger partial charge in [0.15, 0.2) is 0 Å². The fraction of sp³-hybridized carbons (Fsp3) is 0.138. The molecule has 0 aliphatic rings. The van der Waals surface area contributed by atoms with Gasteiger partial charge in [0.2, 0.25) is 5.91 Å². The van der Waals surface area contributed by atoms with Crippen LogP contribution in [0.15, 0.2) is 114 Å². The van der Waals surface area contributed by atoms with Crippen molar-refractivity contribution in [3.63, 3.8) is 0 Å². The highest BCUT2D eigenvalue weighted by molar-refractivity contribution is 7.92. The van der Waals surface area contributed by atoms with Crippen molar-refractivity contribution in [3.8, 4) is 0 Å². The number of para-hydroxylation sites is 1. The van der Waals surface area contributed by atoms with Gasteiger partial charge in [0.25, 0.3) is 10.0 Å². The number of anilines is 1. The highest BCUT2D eigenvalue weighted by Gasteiger charge is 2.29. The summed E-state index contributed by atoms with van der Waals surface area (Å²) >= 11 is 0. The Hall–Kier alpha value is -3.90. The van der Waals surface area contributed by atoms with Crippen molar-refractivity contribution in [2.45, 2.75) is 24.8 Å². The van der Waals surface area contributed by atoms with E-state index in [2.05, 4.69) is 5.32 Å². The third kappa shape index (κ3) is 5.44. The number of hydrogen-bond donors (Lipinski definition) is 1. The second-order valence-corrected chi connectivity index (χ2v) is 10.2. The Kier molecular flexibility index (Phi) is 7.32. The van der Waals surface area contributed by atoms with Gasteiger partial charge < -0.3 is 5.32 Å². The maximum atomic E-state index is 13.6. The predicted molar refractivity (Wildman–Crippen MR) is 140 cm³/mol. The van der Waals surface area contributed by atoms with Crippen LogP contribution in [-0.4, -0.2) is 20.9 Å². The smallest absolute Gasteiger partial charge is 0.264 e. The van der Waals surface area contributed by atoms with Gasteiger partial charge in [-0.25, -0.2) is 8.42 Å². The predicted octanol–water partition coefficient (Wildman–Crippen LogP) is 5.40. The number of sulfonamides is 1. The molecule has 1 unspecified atom stereocenters. The van der Waals surface area contributed by atoms with Crippen LogP contribution < -0.4 is 9.62 Å². The zero-order chi connectivity index (χ0) is 24.8. The van der Waals surface area contributed by atoms with Gasteiger partial charge in [-0.2, -0.15) is 0 Å². The van der Waals surface area contributed by atoms with Crippen molar-refractivity contribution < 1.29 is 13.2 Å². The third-order valence-corrected chi connectivity index (χ3v) is 7.71. The number of benzene rings is 4. The molecule has 0 heterocycles. The van der Waals surface area contributed by atoms with Crippen LogP contribution in [0, 0.1) is 13.8 Å². The van der Waals surface area contributed by atoms with Gasteiger partial charge in [-0.05, 0) is 54.3 Å². The maximum Gasteiger partial charge on any atom is 0.264 e. The van der Waals surface area contributed by atoms with E-state index in [1.807, 2.05) is 80.6 Å². The van der Waals surface area contributed by atoms with Gasteiger partial charge in [-0.15, -0.1) is 0 Å².